The van der Waals surface area contributed by atoms with Crippen LogP contribution in [0.5, 0.6) is 0 Å². The summed E-state index contributed by atoms with van der Waals surface area (Å²) in [5.41, 5.74) is 0.800. The lowest BCUT2D eigenvalue weighted by atomic mass is 9.82. The second-order valence-corrected chi connectivity index (χ2v) is 7.05. The minimum atomic E-state index is -0.147. The molecule has 0 saturated heterocycles. The monoisotopic (exact) mass is 392 g/mol. The maximum Gasteiger partial charge on any atom is 0.228 e. The molecule has 0 saturated carbocycles. The lowest BCUT2D eigenvalue weighted by molar-refractivity contribution is -0.120. The molecule has 0 aliphatic heterocycles. The number of hydrogen-bond donors (Lipinski definition) is 2. The standard InChI is InChI=1S/C16H17BrN4OS/c1-23-16-19-14(20-21-16)12-4-2-3-5-13(12)15(22)18-11-8-6-10(17)7-9-11/h2-3,6-9,12-13H,4-5H2,1H3,(H,18,22)(H,19,20,21). The van der Waals surface area contributed by atoms with Gasteiger partial charge in [-0.2, -0.15) is 0 Å². The van der Waals surface area contributed by atoms with Crippen molar-refractivity contribution in [1.82, 2.24) is 15.2 Å². The Balaban J connectivity index is 1.76. The Labute approximate surface area is 147 Å². The van der Waals surface area contributed by atoms with Crippen LogP contribution >= 0.6 is 27.7 Å². The van der Waals surface area contributed by atoms with Crippen molar-refractivity contribution in [2.75, 3.05) is 11.6 Å². The molecular formula is C16H17BrN4OS. The molecule has 1 aromatic heterocycles. The molecule has 1 aliphatic rings. The van der Waals surface area contributed by atoms with Gasteiger partial charge in [0.25, 0.3) is 0 Å². The van der Waals surface area contributed by atoms with E-state index in [2.05, 4.69) is 48.6 Å². The number of aromatic amines is 1. The molecule has 1 aromatic carbocycles. The third-order valence-electron chi connectivity index (χ3n) is 3.90. The van der Waals surface area contributed by atoms with Crippen LogP contribution in [0.3, 0.4) is 0 Å². The number of nitrogens with one attached hydrogen (secondary N) is 2. The van der Waals surface area contributed by atoms with Crippen molar-refractivity contribution in [2.24, 2.45) is 5.92 Å². The van der Waals surface area contributed by atoms with Crippen LogP contribution in [0.4, 0.5) is 5.69 Å². The highest BCUT2D eigenvalue weighted by atomic mass is 79.9. The minimum Gasteiger partial charge on any atom is -0.326 e. The molecule has 23 heavy (non-hydrogen) atoms. The van der Waals surface area contributed by atoms with Gasteiger partial charge >= 0.3 is 0 Å². The summed E-state index contributed by atoms with van der Waals surface area (Å²) in [7, 11) is 0. The number of halogens is 1. The first-order chi connectivity index (χ1) is 11.2. The zero-order chi connectivity index (χ0) is 16.2. The Morgan fingerprint density at radius 1 is 1.30 bits per heavy atom. The number of thioether (sulfide) groups is 1. The maximum absolute atomic E-state index is 12.7. The van der Waals surface area contributed by atoms with Crippen molar-refractivity contribution < 1.29 is 4.79 Å². The average Bonchev–Trinajstić information content (AvgIpc) is 3.06. The lowest BCUT2D eigenvalue weighted by Gasteiger charge is -2.25. The van der Waals surface area contributed by atoms with Gasteiger partial charge in [-0.1, -0.05) is 39.8 Å². The van der Waals surface area contributed by atoms with E-state index in [4.69, 9.17) is 0 Å². The van der Waals surface area contributed by atoms with Crippen LogP contribution in [0.1, 0.15) is 24.6 Å². The van der Waals surface area contributed by atoms with Crippen LogP contribution in [0, 0.1) is 5.92 Å². The molecule has 120 valence electrons. The average molecular weight is 393 g/mol. The van der Waals surface area contributed by atoms with E-state index in [-0.39, 0.29) is 17.7 Å². The van der Waals surface area contributed by atoms with Crippen LogP contribution in [0.2, 0.25) is 0 Å². The van der Waals surface area contributed by atoms with Crippen LogP contribution in [-0.2, 0) is 4.79 Å². The third-order valence-corrected chi connectivity index (χ3v) is 4.97. The molecule has 0 spiro atoms. The van der Waals surface area contributed by atoms with Gasteiger partial charge in [-0.15, -0.1) is 5.10 Å². The molecule has 1 heterocycles. The molecule has 0 radical (unpaired) electrons. The summed E-state index contributed by atoms with van der Waals surface area (Å²) in [6.45, 7) is 0. The fraction of sp³-hybridized carbons (Fsp3) is 0.312. The largest absolute Gasteiger partial charge is 0.326 e. The number of H-pyrrole nitrogens is 1. The van der Waals surface area contributed by atoms with Crippen LogP contribution < -0.4 is 5.32 Å². The summed E-state index contributed by atoms with van der Waals surface area (Å²) in [6, 6.07) is 7.59. The van der Waals surface area contributed by atoms with Crippen LogP contribution in [-0.4, -0.2) is 27.3 Å². The summed E-state index contributed by atoms with van der Waals surface area (Å²) >= 11 is 4.89. The Bertz CT molecular complexity index is 713. The Morgan fingerprint density at radius 2 is 2.04 bits per heavy atom. The second-order valence-electron chi connectivity index (χ2n) is 5.36. The highest BCUT2D eigenvalue weighted by molar-refractivity contribution is 9.10. The number of rotatable bonds is 4. The van der Waals surface area contributed by atoms with Crippen molar-refractivity contribution in [3.05, 3.63) is 46.7 Å². The van der Waals surface area contributed by atoms with Crippen molar-refractivity contribution in [1.29, 1.82) is 0 Å². The van der Waals surface area contributed by atoms with Gasteiger partial charge < -0.3 is 5.32 Å². The van der Waals surface area contributed by atoms with E-state index in [1.807, 2.05) is 30.5 Å². The number of allylic oxidation sites excluding steroid dienone is 2. The Kier molecular flexibility index (Phi) is 5.17. The summed E-state index contributed by atoms with van der Waals surface area (Å²) in [4.78, 5) is 17.2. The third kappa shape index (κ3) is 3.84. The molecule has 5 nitrogen and oxygen atoms in total. The normalized spacial score (nSPS) is 20.4. The topological polar surface area (TPSA) is 70.7 Å². The van der Waals surface area contributed by atoms with Gasteiger partial charge in [0, 0.05) is 16.1 Å². The molecule has 0 fully saturated rings. The first-order valence-electron chi connectivity index (χ1n) is 7.35. The highest BCUT2D eigenvalue weighted by Crippen LogP contribution is 2.34. The number of hydrogen-bond acceptors (Lipinski definition) is 4. The number of nitrogens with zero attached hydrogens (tertiary/aromatic N) is 2. The summed E-state index contributed by atoms with van der Waals surface area (Å²) in [5, 5.41) is 10.9. The first kappa shape index (κ1) is 16.3. The van der Waals surface area contributed by atoms with Crippen molar-refractivity contribution >= 4 is 39.3 Å². The van der Waals surface area contributed by atoms with Crippen molar-refractivity contribution in [2.45, 2.75) is 23.9 Å². The van der Waals surface area contributed by atoms with Gasteiger partial charge in [-0.3, -0.25) is 9.89 Å². The fourth-order valence-corrected chi connectivity index (χ4v) is 3.28. The molecule has 2 atom stereocenters. The number of benzene rings is 1. The lowest BCUT2D eigenvalue weighted by Crippen LogP contribution is -2.30. The summed E-state index contributed by atoms with van der Waals surface area (Å²) < 4.78 is 0.986. The van der Waals surface area contributed by atoms with E-state index in [1.165, 1.54) is 11.8 Å². The van der Waals surface area contributed by atoms with Crippen molar-refractivity contribution in [3.63, 3.8) is 0 Å². The van der Waals surface area contributed by atoms with Gasteiger partial charge in [0.2, 0.25) is 11.1 Å². The van der Waals surface area contributed by atoms with Crippen LogP contribution in [0.25, 0.3) is 0 Å². The van der Waals surface area contributed by atoms with E-state index in [1.54, 1.807) is 0 Å². The number of anilines is 1. The number of carbonyl (C=O) groups excluding carboxylic acids is 1. The van der Waals surface area contributed by atoms with Crippen LogP contribution in [0.15, 0.2) is 46.0 Å². The zero-order valence-corrected chi connectivity index (χ0v) is 15.0. The summed E-state index contributed by atoms with van der Waals surface area (Å²) in [6.07, 6.45) is 7.61. The highest BCUT2D eigenvalue weighted by Gasteiger charge is 2.32. The molecule has 7 heteroatoms. The molecule has 2 N–H and O–H groups in total. The predicted molar refractivity (Wildman–Crippen MR) is 95.5 cm³/mol. The predicted octanol–water partition coefficient (Wildman–Crippen LogP) is 3.98. The smallest absolute Gasteiger partial charge is 0.228 e. The number of aromatic nitrogens is 3. The molecular weight excluding hydrogens is 376 g/mol. The van der Waals surface area contributed by atoms with Gasteiger partial charge in [0.05, 0.1) is 5.92 Å². The first-order valence-corrected chi connectivity index (χ1v) is 9.37. The second kappa shape index (κ2) is 7.31. The van der Waals surface area contributed by atoms with E-state index in [0.29, 0.717) is 11.6 Å². The summed E-state index contributed by atoms with van der Waals surface area (Å²) in [5.74, 6) is 0.689. The van der Waals surface area contributed by atoms with Gasteiger partial charge in [0.1, 0.15) is 5.82 Å². The van der Waals surface area contributed by atoms with E-state index < -0.39 is 0 Å². The maximum atomic E-state index is 12.7. The van der Waals surface area contributed by atoms with Gasteiger partial charge in [-0.05, 0) is 43.4 Å². The molecule has 0 bridgehead atoms. The Hall–Kier alpha value is -1.60. The zero-order valence-electron chi connectivity index (χ0n) is 12.6. The quantitative estimate of drug-likeness (QED) is 0.609. The van der Waals surface area contributed by atoms with E-state index >= 15 is 0 Å². The fourth-order valence-electron chi connectivity index (χ4n) is 2.69. The molecule has 2 unspecified atom stereocenters. The Morgan fingerprint density at radius 3 is 2.74 bits per heavy atom. The molecule has 2 aromatic rings. The number of amides is 1. The molecule has 3 rings (SSSR count). The van der Waals surface area contributed by atoms with Gasteiger partial charge in [-0.25, -0.2) is 4.98 Å². The molecule has 1 aliphatic carbocycles. The van der Waals surface area contributed by atoms with E-state index in [0.717, 1.165) is 22.4 Å². The van der Waals surface area contributed by atoms with Gasteiger partial charge in [0.15, 0.2) is 0 Å². The van der Waals surface area contributed by atoms with E-state index in [9.17, 15) is 4.79 Å². The minimum absolute atomic E-state index is 0.0174. The molecule has 1 amide bonds. The number of carbonyl (C=O) groups is 1. The van der Waals surface area contributed by atoms with Crippen molar-refractivity contribution in [3.8, 4) is 0 Å². The SMILES string of the molecule is CSc1n[nH]c(C2CC=CCC2C(=O)Nc2ccc(Br)cc2)n1.